The highest BCUT2D eigenvalue weighted by molar-refractivity contribution is 5.34. The molecule has 1 N–H and O–H groups in total. The second-order valence-corrected chi connectivity index (χ2v) is 14.4. The highest BCUT2D eigenvalue weighted by Crippen LogP contribution is 2.72. The van der Waals surface area contributed by atoms with E-state index < -0.39 is 0 Å². The summed E-state index contributed by atoms with van der Waals surface area (Å²) in [5.41, 5.74) is 6.75. The van der Waals surface area contributed by atoms with Gasteiger partial charge in [-0.15, -0.1) is 0 Å². The van der Waals surface area contributed by atoms with Crippen LogP contribution in [0.15, 0.2) is 23.3 Å². The van der Waals surface area contributed by atoms with Crippen molar-refractivity contribution in [3.05, 3.63) is 23.3 Å². The Balaban J connectivity index is 0.00000148. The van der Waals surface area contributed by atoms with Gasteiger partial charge in [-0.2, -0.15) is 0 Å². The first-order valence-electron chi connectivity index (χ1n) is 16.2. The highest BCUT2D eigenvalue weighted by atomic mass is 16.3. The predicted octanol–water partition coefficient (Wildman–Crippen LogP) is 10.3. The lowest BCUT2D eigenvalue weighted by Gasteiger charge is -2.59. The molecule has 0 aromatic carbocycles. The number of allylic oxidation sites excluding steroid dienone is 3. The summed E-state index contributed by atoms with van der Waals surface area (Å²) in [4.78, 5) is 0. The van der Waals surface area contributed by atoms with Gasteiger partial charge in [0.2, 0.25) is 0 Å². The summed E-state index contributed by atoms with van der Waals surface area (Å²) < 4.78 is 0. The largest absolute Gasteiger partial charge is 0.393 e. The van der Waals surface area contributed by atoms with Crippen molar-refractivity contribution in [3.8, 4) is 0 Å². The molecule has 206 valence electrons. The molecule has 0 heterocycles. The fourth-order valence-electron chi connectivity index (χ4n) is 10.7. The minimum Gasteiger partial charge on any atom is -0.393 e. The van der Waals surface area contributed by atoms with Gasteiger partial charge in [-0.25, -0.2) is 0 Å². The molecular formula is C35H60O. The van der Waals surface area contributed by atoms with Gasteiger partial charge < -0.3 is 5.11 Å². The molecule has 3 saturated carbocycles. The van der Waals surface area contributed by atoms with Gasteiger partial charge in [0.25, 0.3) is 0 Å². The first kappa shape index (κ1) is 28.4. The third-order valence-corrected chi connectivity index (χ3v) is 12.9. The van der Waals surface area contributed by atoms with Crippen LogP contribution in [0.1, 0.15) is 145 Å². The quantitative estimate of drug-likeness (QED) is 0.375. The average Bonchev–Trinajstić information content (AvgIpc) is 3.24. The fraction of sp³-hybridized carbons (Fsp3) is 0.886. The molecule has 8 atom stereocenters. The van der Waals surface area contributed by atoms with E-state index in [9.17, 15) is 5.11 Å². The van der Waals surface area contributed by atoms with E-state index in [1.54, 1.807) is 0 Å². The van der Waals surface area contributed by atoms with Gasteiger partial charge in [0.15, 0.2) is 0 Å². The smallest absolute Gasteiger partial charge is 0.0543 e. The summed E-state index contributed by atoms with van der Waals surface area (Å²) in [7, 11) is 0. The number of hydrogen-bond acceptors (Lipinski definition) is 1. The molecule has 0 aromatic rings. The van der Waals surface area contributed by atoms with Gasteiger partial charge >= 0.3 is 0 Å². The maximum atomic E-state index is 10.5. The standard InChI is InChI=1S/C33H54O.C2H6/c1-22(2)23(3)11-12-24(4)28-9-7-17-33-18-8-10-30(33)27-14-13-25-21-26(34)15-19-31(25,5)29(27)16-20-32(28,33)6;1-2/h22,24-26,28,30,34H,3,7-21H2,1-2,4-6H3;1-2H3. The van der Waals surface area contributed by atoms with Gasteiger partial charge in [0.1, 0.15) is 0 Å². The van der Waals surface area contributed by atoms with Crippen LogP contribution in [0.25, 0.3) is 0 Å². The average molecular weight is 497 g/mol. The van der Waals surface area contributed by atoms with E-state index >= 15 is 0 Å². The molecule has 0 saturated heterocycles. The zero-order valence-corrected chi connectivity index (χ0v) is 25.2. The summed E-state index contributed by atoms with van der Waals surface area (Å²) in [6.45, 7) is 21.0. The number of aliphatic hydroxyl groups excluding tert-OH is 1. The number of aliphatic hydroxyl groups is 1. The molecule has 1 spiro atoms. The van der Waals surface area contributed by atoms with E-state index in [-0.39, 0.29) is 6.10 Å². The van der Waals surface area contributed by atoms with Crippen molar-refractivity contribution in [2.45, 2.75) is 151 Å². The van der Waals surface area contributed by atoms with Crippen molar-refractivity contribution in [1.82, 2.24) is 0 Å². The molecular weight excluding hydrogens is 436 g/mol. The van der Waals surface area contributed by atoms with Crippen LogP contribution in [0.4, 0.5) is 0 Å². The Morgan fingerprint density at radius 1 is 0.944 bits per heavy atom. The van der Waals surface area contributed by atoms with Crippen LogP contribution in [0.5, 0.6) is 0 Å². The lowest BCUT2D eigenvalue weighted by Crippen LogP contribution is -2.51. The zero-order valence-electron chi connectivity index (χ0n) is 25.2. The second kappa shape index (κ2) is 10.9. The molecule has 0 aromatic heterocycles. The summed E-state index contributed by atoms with van der Waals surface area (Å²) in [6, 6.07) is 0. The maximum absolute atomic E-state index is 10.5. The number of rotatable bonds is 5. The van der Waals surface area contributed by atoms with Crippen molar-refractivity contribution in [2.24, 2.45) is 45.8 Å². The van der Waals surface area contributed by atoms with Gasteiger partial charge in [-0.05, 0) is 129 Å². The van der Waals surface area contributed by atoms with Gasteiger partial charge in [-0.3, -0.25) is 0 Å². The topological polar surface area (TPSA) is 20.2 Å². The molecule has 1 nitrogen and oxygen atoms in total. The summed E-state index contributed by atoms with van der Waals surface area (Å²) >= 11 is 0. The Bertz CT molecular complexity index is 820. The van der Waals surface area contributed by atoms with Crippen LogP contribution in [-0.2, 0) is 0 Å². The minimum atomic E-state index is -0.0465. The molecule has 5 aliphatic carbocycles. The first-order valence-corrected chi connectivity index (χ1v) is 16.2. The van der Waals surface area contributed by atoms with Crippen molar-refractivity contribution >= 4 is 0 Å². The fourth-order valence-corrected chi connectivity index (χ4v) is 10.7. The molecule has 3 fully saturated rings. The van der Waals surface area contributed by atoms with E-state index in [1.807, 2.05) is 25.0 Å². The van der Waals surface area contributed by atoms with Crippen molar-refractivity contribution < 1.29 is 5.11 Å². The monoisotopic (exact) mass is 496 g/mol. The van der Waals surface area contributed by atoms with Crippen LogP contribution in [0, 0.1) is 45.8 Å². The third kappa shape index (κ3) is 4.50. The molecule has 36 heavy (non-hydrogen) atoms. The molecule has 5 aliphatic rings. The van der Waals surface area contributed by atoms with E-state index in [4.69, 9.17) is 0 Å². The van der Waals surface area contributed by atoms with E-state index in [1.165, 1.54) is 89.0 Å². The summed E-state index contributed by atoms with van der Waals surface area (Å²) in [5.74, 6) is 3.88. The SMILES string of the molecule is C=C(CCC(C)C1CCCC23CCCC2C2=C(CCC13C)C1(C)CCC(O)CC1CC2)C(C)C.CC. The number of hydrogen-bond donors (Lipinski definition) is 1. The predicted molar refractivity (Wildman–Crippen MR) is 156 cm³/mol. The normalized spacial score (nSPS) is 42.8. The summed E-state index contributed by atoms with van der Waals surface area (Å²) in [5, 5.41) is 10.5. The summed E-state index contributed by atoms with van der Waals surface area (Å²) in [6.07, 6.45) is 20.1. The molecule has 8 unspecified atom stereocenters. The molecule has 0 bridgehead atoms. The van der Waals surface area contributed by atoms with Crippen LogP contribution in [0.2, 0.25) is 0 Å². The van der Waals surface area contributed by atoms with Crippen molar-refractivity contribution in [3.63, 3.8) is 0 Å². The molecule has 0 aliphatic heterocycles. The Labute approximate surface area is 225 Å². The second-order valence-electron chi connectivity index (χ2n) is 14.4. The highest BCUT2D eigenvalue weighted by Gasteiger charge is 2.63. The van der Waals surface area contributed by atoms with Crippen molar-refractivity contribution in [1.29, 1.82) is 0 Å². The Morgan fingerprint density at radius 2 is 1.64 bits per heavy atom. The van der Waals surface area contributed by atoms with E-state index in [0.717, 1.165) is 36.5 Å². The first-order chi connectivity index (χ1) is 17.1. The Kier molecular flexibility index (Phi) is 8.61. The molecule has 5 rings (SSSR count). The lowest BCUT2D eigenvalue weighted by atomic mass is 9.45. The maximum Gasteiger partial charge on any atom is 0.0543 e. The van der Waals surface area contributed by atoms with E-state index in [2.05, 4.69) is 41.2 Å². The van der Waals surface area contributed by atoms with Crippen LogP contribution in [-0.4, -0.2) is 11.2 Å². The lowest BCUT2D eigenvalue weighted by molar-refractivity contribution is -0.0929. The van der Waals surface area contributed by atoms with Crippen molar-refractivity contribution in [2.75, 3.05) is 0 Å². The van der Waals surface area contributed by atoms with E-state index in [0.29, 0.717) is 22.2 Å². The third-order valence-electron chi connectivity index (χ3n) is 12.9. The molecule has 0 amide bonds. The zero-order chi connectivity index (χ0) is 26.3. The Hall–Kier alpha value is -0.560. The minimum absolute atomic E-state index is 0.0465. The van der Waals surface area contributed by atoms with Crippen LogP contribution < -0.4 is 0 Å². The Morgan fingerprint density at radius 3 is 2.33 bits per heavy atom. The molecule has 0 radical (unpaired) electrons. The van der Waals surface area contributed by atoms with Gasteiger partial charge in [-0.1, -0.05) is 84.6 Å². The van der Waals surface area contributed by atoms with Crippen LogP contribution in [0.3, 0.4) is 0 Å². The van der Waals surface area contributed by atoms with Crippen LogP contribution >= 0.6 is 0 Å². The van der Waals surface area contributed by atoms with Gasteiger partial charge in [0, 0.05) is 0 Å². The number of fused-ring (bicyclic) bond motifs is 3. The van der Waals surface area contributed by atoms with Gasteiger partial charge in [0.05, 0.1) is 6.10 Å². The molecule has 1 heteroatoms.